The topological polar surface area (TPSA) is 15.3 Å². The van der Waals surface area contributed by atoms with Gasteiger partial charge in [0, 0.05) is 12.6 Å². The van der Waals surface area contributed by atoms with Crippen molar-refractivity contribution in [1.82, 2.24) is 10.2 Å². The molecule has 2 rings (SSSR count). The van der Waals surface area contributed by atoms with Crippen molar-refractivity contribution in [3.8, 4) is 0 Å². The first-order valence-electron chi connectivity index (χ1n) is 4.29. The molecule has 2 fully saturated rings. The van der Waals surface area contributed by atoms with Crippen LogP contribution in [0.15, 0.2) is 0 Å². The summed E-state index contributed by atoms with van der Waals surface area (Å²) in [6, 6.07) is 0.855. The molecule has 0 aromatic rings. The summed E-state index contributed by atoms with van der Waals surface area (Å²) >= 11 is 0. The van der Waals surface area contributed by atoms with Gasteiger partial charge in [-0.15, -0.1) is 0 Å². The molecule has 0 aromatic carbocycles. The maximum Gasteiger partial charge on any atom is 0.0257 e. The number of likely N-dealkylation sites (tertiary alicyclic amines) is 1. The zero-order chi connectivity index (χ0) is 6.97. The molecule has 0 spiro atoms. The number of nitrogens with zero attached hydrogens (tertiary/aromatic N) is 1. The molecular weight excluding hydrogens is 124 g/mol. The summed E-state index contributed by atoms with van der Waals surface area (Å²) in [4.78, 5) is 2.51. The number of hydrogen-bond acceptors (Lipinski definition) is 2. The molecule has 2 aliphatic rings. The first-order valence-corrected chi connectivity index (χ1v) is 4.29. The van der Waals surface area contributed by atoms with Gasteiger partial charge in [-0.3, -0.25) is 0 Å². The quantitative estimate of drug-likeness (QED) is 0.520. The lowest BCUT2D eigenvalue weighted by Gasteiger charge is -2.33. The van der Waals surface area contributed by atoms with Crippen LogP contribution < -0.4 is 5.32 Å². The Morgan fingerprint density at radius 2 is 2.30 bits per heavy atom. The van der Waals surface area contributed by atoms with E-state index in [0.29, 0.717) is 0 Å². The number of likely N-dealkylation sites (N-methyl/N-ethyl adjacent to an activating group) is 1. The second kappa shape index (κ2) is 2.51. The van der Waals surface area contributed by atoms with Crippen molar-refractivity contribution >= 4 is 0 Å². The Morgan fingerprint density at radius 3 is 3.10 bits per heavy atom. The molecule has 2 heteroatoms. The van der Waals surface area contributed by atoms with Gasteiger partial charge in [-0.2, -0.15) is 0 Å². The molecular formula is C8H16N2. The van der Waals surface area contributed by atoms with Crippen molar-refractivity contribution in [3.05, 3.63) is 0 Å². The maximum atomic E-state index is 3.45. The fraction of sp³-hybridized carbons (Fsp3) is 1.00. The molecule has 2 saturated heterocycles. The minimum atomic E-state index is 0.855. The van der Waals surface area contributed by atoms with Crippen LogP contribution in [-0.4, -0.2) is 37.6 Å². The van der Waals surface area contributed by atoms with Crippen molar-refractivity contribution in [2.45, 2.75) is 18.9 Å². The van der Waals surface area contributed by atoms with E-state index in [4.69, 9.17) is 0 Å². The summed E-state index contributed by atoms with van der Waals surface area (Å²) in [5, 5.41) is 3.45. The molecule has 0 bridgehead atoms. The molecule has 0 radical (unpaired) electrons. The van der Waals surface area contributed by atoms with Gasteiger partial charge in [0.25, 0.3) is 0 Å². The minimum absolute atomic E-state index is 0.855. The fourth-order valence-corrected chi connectivity index (χ4v) is 2.30. The average Bonchev–Trinajstić information content (AvgIpc) is 2.36. The third kappa shape index (κ3) is 0.956. The second-order valence-corrected chi connectivity index (χ2v) is 3.61. The van der Waals surface area contributed by atoms with E-state index < -0.39 is 0 Å². The molecule has 2 heterocycles. The van der Waals surface area contributed by atoms with Gasteiger partial charge < -0.3 is 10.2 Å². The Balaban J connectivity index is 2.03. The van der Waals surface area contributed by atoms with Gasteiger partial charge in [0.15, 0.2) is 0 Å². The predicted molar refractivity (Wildman–Crippen MR) is 42.0 cm³/mol. The predicted octanol–water partition coefficient (Wildman–Crippen LogP) is 0.300. The van der Waals surface area contributed by atoms with Gasteiger partial charge >= 0.3 is 0 Å². The Labute approximate surface area is 62.6 Å². The maximum absolute atomic E-state index is 3.45. The second-order valence-electron chi connectivity index (χ2n) is 3.61. The van der Waals surface area contributed by atoms with E-state index in [1.807, 2.05) is 0 Å². The summed E-state index contributed by atoms with van der Waals surface area (Å²) in [5.41, 5.74) is 0. The van der Waals surface area contributed by atoms with Gasteiger partial charge in [0.1, 0.15) is 0 Å². The Hall–Kier alpha value is -0.0800. The molecule has 58 valence electrons. The average molecular weight is 140 g/mol. The molecule has 1 unspecified atom stereocenters. The van der Waals surface area contributed by atoms with Crippen LogP contribution in [0.1, 0.15) is 12.8 Å². The van der Waals surface area contributed by atoms with Gasteiger partial charge in [-0.25, -0.2) is 0 Å². The molecule has 2 nitrogen and oxygen atoms in total. The van der Waals surface area contributed by atoms with Crippen molar-refractivity contribution in [3.63, 3.8) is 0 Å². The van der Waals surface area contributed by atoms with Crippen molar-refractivity contribution < 1.29 is 0 Å². The van der Waals surface area contributed by atoms with Gasteiger partial charge in [0.2, 0.25) is 0 Å². The van der Waals surface area contributed by atoms with Crippen LogP contribution in [-0.2, 0) is 0 Å². The number of hydrogen-bond donors (Lipinski definition) is 1. The van der Waals surface area contributed by atoms with E-state index in [-0.39, 0.29) is 0 Å². The van der Waals surface area contributed by atoms with Gasteiger partial charge in [-0.1, -0.05) is 0 Å². The normalized spacial score (nSPS) is 41.7. The third-order valence-electron chi connectivity index (χ3n) is 2.96. The van der Waals surface area contributed by atoms with E-state index in [1.54, 1.807) is 0 Å². The molecule has 2 atom stereocenters. The van der Waals surface area contributed by atoms with E-state index in [2.05, 4.69) is 17.3 Å². The summed E-state index contributed by atoms with van der Waals surface area (Å²) in [6.07, 6.45) is 2.85. The summed E-state index contributed by atoms with van der Waals surface area (Å²) < 4.78 is 0. The molecule has 1 N–H and O–H groups in total. The number of fused-ring (bicyclic) bond motifs is 1. The van der Waals surface area contributed by atoms with Crippen molar-refractivity contribution in [1.29, 1.82) is 0 Å². The lowest BCUT2D eigenvalue weighted by atomic mass is 9.93. The Morgan fingerprint density at radius 1 is 1.40 bits per heavy atom. The molecule has 2 aliphatic heterocycles. The van der Waals surface area contributed by atoms with E-state index in [0.717, 1.165) is 12.0 Å². The Bertz CT molecular complexity index is 124. The minimum Gasteiger partial charge on any atom is -0.315 e. The molecule has 0 aliphatic carbocycles. The van der Waals surface area contributed by atoms with Gasteiger partial charge in [-0.05, 0) is 38.9 Å². The van der Waals surface area contributed by atoms with Crippen LogP contribution in [0, 0.1) is 5.92 Å². The summed E-state index contributed by atoms with van der Waals surface area (Å²) in [7, 11) is 2.25. The fourth-order valence-electron chi connectivity index (χ4n) is 2.30. The molecule has 10 heavy (non-hydrogen) atoms. The van der Waals surface area contributed by atoms with Crippen LogP contribution in [0.2, 0.25) is 0 Å². The first-order chi connectivity index (χ1) is 4.88. The smallest absolute Gasteiger partial charge is 0.0257 e. The highest BCUT2D eigenvalue weighted by molar-refractivity contribution is 4.90. The standard InChI is InChI=1S/C8H16N2/c1-10-4-2-3-7-5-9-6-8(7)10/h7-9H,2-6H2,1H3/t7?,8-/m0/s1. The monoisotopic (exact) mass is 140 g/mol. The number of rotatable bonds is 0. The lowest BCUT2D eigenvalue weighted by Crippen LogP contribution is -2.42. The summed E-state index contributed by atoms with van der Waals surface area (Å²) in [5.74, 6) is 0.957. The largest absolute Gasteiger partial charge is 0.315 e. The number of nitrogens with one attached hydrogen (secondary N) is 1. The Kier molecular flexibility index (Phi) is 1.66. The van der Waals surface area contributed by atoms with Gasteiger partial charge in [0.05, 0.1) is 0 Å². The molecule has 0 aromatic heterocycles. The highest BCUT2D eigenvalue weighted by Crippen LogP contribution is 2.24. The van der Waals surface area contributed by atoms with E-state index in [9.17, 15) is 0 Å². The van der Waals surface area contributed by atoms with E-state index >= 15 is 0 Å². The SMILES string of the molecule is CN1CCCC2CNC[C@@H]21. The summed E-state index contributed by atoms with van der Waals surface area (Å²) in [6.45, 7) is 3.79. The molecule has 0 saturated carbocycles. The van der Waals surface area contributed by atoms with Crippen LogP contribution in [0.25, 0.3) is 0 Å². The first kappa shape index (κ1) is 6.62. The highest BCUT2D eigenvalue weighted by atomic mass is 15.2. The zero-order valence-corrected chi connectivity index (χ0v) is 6.64. The highest BCUT2D eigenvalue weighted by Gasteiger charge is 2.32. The van der Waals surface area contributed by atoms with Crippen LogP contribution in [0.3, 0.4) is 0 Å². The lowest BCUT2D eigenvalue weighted by molar-refractivity contribution is 0.158. The third-order valence-corrected chi connectivity index (χ3v) is 2.96. The number of piperidine rings is 1. The zero-order valence-electron chi connectivity index (χ0n) is 6.64. The van der Waals surface area contributed by atoms with Crippen LogP contribution in [0.5, 0.6) is 0 Å². The van der Waals surface area contributed by atoms with Crippen LogP contribution >= 0.6 is 0 Å². The van der Waals surface area contributed by atoms with Crippen LogP contribution in [0.4, 0.5) is 0 Å². The van der Waals surface area contributed by atoms with Crippen molar-refractivity contribution in [2.24, 2.45) is 5.92 Å². The van der Waals surface area contributed by atoms with Crippen molar-refractivity contribution in [2.75, 3.05) is 26.7 Å². The van der Waals surface area contributed by atoms with E-state index in [1.165, 1.54) is 32.5 Å². The molecule has 0 amide bonds.